The lowest BCUT2D eigenvalue weighted by molar-refractivity contribution is -0.138. The molecule has 2 fully saturated rings. The molecular formula is C29H39N7O5. The molecule has 0 spiro atoms. The third-order valence-corrected chi connectivity index (χ3v) is 8.19. The van der Waals surface area contributed by atoms with Gasteiger partial charge >= 0.3 is 18.1 Å². The van der Waals surface area contributed by atoms with Crippen molar-refractivity contribution < 1.29 is 24.2 Å². The number of anilines is 3. The van der Waals surface area contributed by atoms with Crippen molar-refractivity contribution in [2.75, 3.05) is 54.0 Å². The Hall–Kier alpha value is -4.09. The second-order valence-electron chi connectivity index (χ2n) is 10.7. The van der Waals surface area contributed by atoms with Gasteiger partial charge in [0.2, 0.25) is 5.95 Å². The molecule has 1 N–H and O–H groups in total. The fourth-order valence-corrected chi connectivity index (χ4v) is 5.90. The first-order valence-corrected chi connectivity index (χ1v) is 14.6. The molecule has 4 heterocycles. The van der Waals surface area contributed by atoms with Crippen molar-refractivity contribution in [3.8, 4) is 5.75 Å². The molecule has 1 aromatic heterocycles. The third kappa shape index (κ3) is 5.73. The highest BCUT2D eigenvalue weighted by Gasteiger charge is 2.45. The summed E-state index contributed by atoms with van der Waals surface area (Å²) >= 11 is 0. The number of aromatic nitrogens is 2. The maximum Gasteiger partial charge on any atom is 0.415 e. The van der Waals surface area contributed by atoms with E-state index in [1.165, 1.54) is 0 Å². The summed E-state index contributed by atoms with van der Waals surface area (Å²) < 4.78 is 5.50. The first kappa shape index (κ1) is 28.4. The van der Waals surface area contributed by atoms with Gasteiger partial charge in [-0.2, -0.15) is 4.98 Å². The molecule has 2 aromatic rings. The molecule has 220 valence electrons. The number of hydrogen-bond donors (Lipinski definition) is 1. The van der Waals surface area contributed by atoms with E-state index in [0.717, 1.165) is 31.2 Å². The predicted molar refractivity (Wildman–Crippen MR) is 155 cm³/mol. The van der Waals surface area contributed by atoms with Crippen LogP contribution in [-0.4, -0.2) is 94.4 Å². The number of nitrogens with zero attached hydrogens (tertiary/aromatic N) is 7. The normalized spacial score (nSPS) is 19.0. The number of carboxylic acids is 1. The number of fused-ring (bicyclic) bond motifs is 1. The summed E-state index contributed by atoms with van der Waals surface area (Å²) in [6.07, 6.45) is 4.70. The minimum absolute atomic E-state index is 0.161. The summed E-state index contributed by atoms with van der Waals surface area (Å²) in [6.45, 7) is 9.98. The standard InChI is InChI=1S/C29H39N7O5/c1-4-32(5-2)27-30-19-24-25(31-27)35(20(3)36(24)28(39)33-14-6-7-15-33)23(26(37)38)18-21-10-12-22(13-11-21)41-29(40)34-16-8-9-17-34/h10-13,19-20,23H,4-9,14-18H2,1-3H3,(H,37,38)/t20?,23-/m0/s1. The quantitative estimate of drug-likeness (QED) is 0.509. The van der Waals surface area contributed by atoms with Gasteiger partial charge < -0.3 is 29.4 Å². The number of rotatable bonds is 8. The topological polar surface area (TPSA) is 123 Å². The number of aliphatic carboxylic acids is 1. The number of urea groups is 1. The van der Waals surface area contributed by atoms with E-state index >= 15 is 0 Å². The molecule has 5 rings (SSSR count). The zero-order valence-electron chi connectivity index (χ0n) is 24.0. The van der Waals surface area contributed by atoms with Crippen LogP contribution in [0.5, 0.6) is 5.75 Å². The zero-order chi connectivity index (χ0) is 29.1. The Morgan fingerprint density at radius 1 is 1.00 bits per heavy atom. The van der Waals surface area contributed by atoms with Crippen LogP contribution in [-0.2, 0) is 11.2 Å². The van der Waals surface area contributed by atoms with Crippen LogP contribution in [0.4, 0.5) is 27.0 Å². The van der Waals surface area contributed by atoms with Gasteiger partial charge in [-0.25, -0.2) is 19.4 Å². The van der Waals surface area contributed by atoms with Crippen LogP contribution in [0.3, 0.4) is 0 Å². The van der Waals surface area contributed by atoms with Gasteiger partial charge in [0.05, 0.1) is 6.20 Å². The Balaban J connectivity index is 1.42. The molecule has 0 radical (unpaired) electrons. The summed E-state index contributed by atoms with van der Waals surface area (Å²) in [5.41, 5.74) is 1.27. The molecule has 0 aliphatic carbocycles. The van der Waals surface area contributed by atoms with E-state index in [-0.39, 0.29) is 18.5 Å². The smallest absolute Gasteiger partial charge is 0.415 e. The highest BCUT2D eigenvalue weighted by molar-refractivity contribution is 6.00. The van der Waals surface area contributed by atoms with Crippen molar-refractivity contribution >= 4 is 35.5 Å². The summed E-state index contributed by atoms with van der Waals surface area (Å²) in [4.78, 5) is 57.0. The zero-order valence-corrected chi connectivity index (χ0v) is 24.0. The largest absolute Gasteiger partial charge is 0.480 e. The average molecular weight is 566 g/mol. The molecular weight excluding hydrogens is 526 g/mol. The lowest BCUT2D eigenvalue weighted by Crippen LogP contribution is -2.54. The molecule has 1 unspecified atom stereocenters. The van der Waals surface area contributed by atoms with Crippen molar-refractivity contribution in [3.63, 3.8) is 0 Å². The predicted octanol–water partition coefficient (Wildman–Crippen LogP) is 3.80. The van der Waals surface area contributed by atoms with Crippen LogP contribution in [0.1, 0.15) is 52.0 Å². The summed E-state index contributed by atoms with van der Waals surface area (Å²) in [7, 11) is 0. The molecule has 0 bridgehead atoms. The van der Waals surface area contributed by atoms with E-state index in [0.29, 0.717) is 62.5 Å². The van der Waals surface area contributed by atoms with Crippen LogP contribution in [0, 0.1) is 0 Å². The summed E-state index contributed by atoms with van der Waals surface area (Å²) in [5.74, 6) is 0.322. The van der Waals surface area contributed by atoms with Crippen molar-refractivity contribution in [1.82, 2.24) is 19.8 Å². The Labute approximate surface area is 240 Å². The van der Waals surface area contributed by atoms with Crippen LogP contribution in [0.2, 0.25) is 0 Å². The van der Waals surface area contributed by atoms with E-state index in [9.17, 15) is 19.5 Å². The van der Waals surface area contributed by atoms with E-state index in [2.05, 4.69) is 4.98 Å². The summed E-state index contributed by atoms with van der Waals surface area (Å²) in [5, 5.41) is 10.5. The van der Waals surface area contributed by atoms with Crippen molar-refractivity contribution in [1.29, 1.82) is 0 Å². The lowest BCUT2D eigenvalue weighted by Gasteiger charge is -2.34. The molecule has 1 aromatic carbocycles. The number of carbonyl (C=O) groups is 3. The molecule has 3 aliphatic heterocycles. The van der Waals surface area contributed by atoms with Gasteiger partial charge in [0.1, 0.15) is 23.6 Å². The number of benzene rings is 1. The highest BCUT2D eigenvalue weighted by Crippen LogP contribution is 2.41. The summed E-state index contributed by atoms with van der Waals surface area (Å²) in [6, 6.07) is 5.77. The van der Waals surface area contributed by atoms with Crippen LogP contribution < -0.4 is 19.4 Å². The Bertz CT molecular complexity index is 1260. The SMILES string of the molecule is CCN(CC)c1ncc2c(n1)N([C@@H](Cc1ccc(OC(=O)N3CCCC3)cc1)C(=O)O)C(C)N2C(=O)N1CCCC1. The van der Waals surface area contributed by atoms with Gasteiger partial charge in [-0.15, -0.1) is 0 Å². The molecule has 3 aliphatic rings. The van der Waals surface area contributed by atoms with Gasteiger partial charge in [0.25, 0.3) is 0 Å². The van der Waals surface area contributed by atoms with Crippen LogP contribution in [0.25, 0.3) is 0 Å². The van der Waals surface area contributed by atoms with Crippen molar-refractivity contribution in [2.24, 2.45) is 0 Å². The average Bonchev–Trinajstić information content (AvgIpc) is 3.74. The van der Waals surface area contributed by atoms with Crippen LogP contribution >= 0.6 is 0 Å². The Kier molecular flexibility index (Phi) is 8.46. The van der Waals surface area contributed by atoms with Gasteiger partial charge in [0.15, 0.2) is 5.82 Å². The highest BCUT2D eigenvalue weighted by atomic mass is 16.6. The van der Waals surface area contributed by atoms with Crippen molar-refractivity contribution in [3.05, 3.63) is 36.0 Å². The number of amides is 3. The number of carbonyl (C=O) groups excluding carboxylic acids is 2. The van der Waals surface area contributed by atoms with E-state index < -0.39 is 18.2 Å². The minimum Gasteiger partial charge on any atom is -0.480 e. The fraction of sp³-hybridized carbons (Fsp3) is 0.552. The third-order valence-electron chi connectivity index (χ3n) is 8.19. The van der Waals surface area contributed by atoms with E-state index in [1.54, 1.807) is 50.1 Å². The molecule has 0 saturated carbocycles. The van der Waals surface area contributed by atoms with Gasteiger partial charge in [-0.05, 0) is 64.2 Å². The number of carboxylic acid groups (broad SMARTS) is 1. The maximum absolute atomic E-state index is 13.6. The fourth-order valence-electron chi connectivity index (χ4n) is 5.90. The van der Waals surface area contributed by atoms with Crippen LogP contribution in [0.15, 0.2) is 30.5 Å². The number of ether oxygens (including phenoxy) is 1. The lowest BCUT2D eigenvalue weighted by atomic mass is 10.0. The molecule has 3 amide bonds. The molecule has 41 heavy (non-hydrogen) atoms. The first-order valence-electron chi connectivity index (χ1n) is 14.6. The molecule has 2 saturated heterocycles. The maximum atomic E-state index is 13.6. The second-order valence-corrected chi connectivity index (χ2v) is 10.7. The Morgan fingerprint density at radius 3 is 2.20 bits per heavy atom. The number of hydrogen-bond acceptors (Lipinski definition) is 8. The van der Waals surface area contributed by atoms with E-state index in [1.807, 2.05) is 25.7 Å². The van der Waals surface area contributed by atoms with Gasteiger partial charge in [0, 0.05) is 45.7 Å². The van der Waals surface area contributed by atoms with Gasteiger partial charge in [-0.1, -0.05) is 12.1 Å². The molecule has 12 nitrogen and oxygen atoms in total. The van der Waals surface area contributed by atoms with Gasteiger partial charge in [-0.3, -0.25) is 4.90 Å². The molecule has 12 heteroatoms. The second kappa shape index (κ2) is 12.2. The van der Waals surface area contributed by atoms with Crippen molar-refractivity contribution in [2.45, 2.75) is 65.1 Å². The first-order chi connectivity index (χ1) is 19.8. The molecule has 2 atom stereocenters. The Morgan fingerprint density at radius 2 is 1.61 bits per heavy atom. The van der Waals surface area contributed by atoms with E-state index in [4.69, 9.17) is 9.72 Å². The minimum atomic E-state index is -1.02. The number of likely N-dealkylation sites (tertiary alicyclic amines) is 2. The monoisotopic (exact) mass is 565 g/mol.